The standard InChI is InChI=1S/C13H19FN2O/c1-4-10(3)15-8-12(17)16-13-9(2)6-5-7-11(13)14/h5-7,10,15H,4,8H2,1-3H3,(H,16,17). The zero-order valence-electron chi connectivity index (χ0n) is 10.5. The van der Waals surface area contributed by atoms with Crippen molar-refractivity contribution in [3.8, 4) is 0 Å². The molecule has 2 N–H and O–H groups in total. The molecule has 0 fully saturated rings. The molecule has 3 nitrogen and oxygen atoms in total. The lowest BCUT2D eigenvalue weighted by Crippen LogP contribution is -2.34. The zero-order chi connectivity index (χ0) is 12.8. The Labute approximate surface area is 101 Å². The lowest BCUT2D eigenvalue weighted by molar-refractivity contribution is -0.115. The molecule has 1 unspecified atom stereocenters. The van der Waals surface area contributed by atoms with Gasteiger partial charge in [-0.15, -0.1) is 0 Å². The molecule has 0 aliphatic rings. The van der Waals surface area contributed by atoms with Gasteiger partial charge in [0.05, 0.1) is 12.2 Å². The van der Waals surface area contributed by atoms with E-state index in [0.29, 0.717) is 0 Å². The van der Waals surface area contributed by atoms with Crippen molar-refractivity contribution in [3.05, 3.63) is 29.6 Å². The summed E-state index contributed by atoms with van der Waals surface area (Å²) in [6.45, 7) is 6.00. The van der Waals surface area contributed by atoms with E-state index < -0.39 is 5.82 Å². The molecule has 0 aromatic heterocycles. The van der Waals surface area contributed by atoms with Crippen LogP contribution in [0.5, 0.6) is 0 Å². The number of carbonyl (C=O) groups excluding carboxylic acids is 1. The van der Waals surface area contributed by atoms with Gasteiger partial charge in [-0.25, -0.2) is 4.39 Å². The second-order valence-electron chi connectivity index (χ2n) is 4.17. The van der Waals surface area contributed by atoms with Crippen molar-refractivity contribution in [2.45, 2.75) is 33.2 Å². The van der Waals surface area contributed by atoms with Gasteiger partial charge in [-0.2, -0.15) is 0 Å². The molecule has 0 bridgehead atoms. The molecule has 1 rings (SSSR count). The Bertz CT molecular complexity index is 373. The third kappa shape index (κ3) is 4.15. The minimum absolute atomic E-state index is 0.197. The van der Waals surface area contributed by atoms with E-state index in [9.17, 15) is 9.18 Å². The van der Waals surface area contributed by atoms with Crippen LogP contribution >= 0.6 is 0 Å². The molecule has 0 saturated carbocycles. The van der Waals surface area contributed by atoms with Gasteiger partial charge < -0.3 is 10.6 Å². The average Bonchev–Trinajstić information content (AvgIpc) is 2.31. The molecule has 1 atom stereocenters. The maximum Gasteiger partial charge on any atom is 0.238 e. The highest BCUT2D eigenvalue weighted by Gasteiger charge is 2.09. The lowest BCUT2D eigenvalue weighted by Gasteiger charge is -2.12. The van der Waals surface area contributed by atoms with E-state index in [4.69, 9.17) is 0 Å². The van der Waals surface area contributed by atoms with E-state index in [1.165, 1.54) is 6.07 Å². The van der Waals surface area contributed by atoms with Gasteiger partial charge in [-0.3, -0.25) is 4.79 Å². The SMILES string of the molecule is CCC(C)NCC(=O)Nc1c(C)cccc1F. The van der Waals surface area contributed by atoms with Crippen molar-refractivity contribution in [1.29, 1.82) is 0 Å². The first kappa shape index (κ1) is 13.6. The van der Waals surface area contributed by atoms with Crippen LogP contribution in [0.25, 0.3) is 0 Å². The summed E-state index contributed by atoms with van der Waals surface area (Å²) in [7, 11) is 0. The molecule has 1 aromatic carbocycles. The van der Waals surface area contributed by atoms with Crippen molar-refractivity contribution >= 4 is 11.6 Å². The fourth-order valence-electron chi connectivity index (χ4n) is 1.39. The molecule has 0 aliphatic heterocycles. The number of carbonyl (C=O) groups is 1. The number of halogens is 1. The Balaban J connectivity index is 2.56. The van der Waals surface area contributed by atoms with E-state index >= 15 is 0 Å². The van der Waals surface area contributed by atoms with Crippen LogP contribution in [-0.2, 0) is 4.79 Å². The Morgan fingerprint density at radius 3 is 2.76 bits per heavy atom. The second-order valence-corrected chi connectivity index (χ2v) is 4.17. The fraction of sp³-hybridized carbons (Fsp3) is 0.462. The maximum absolute atomic E-state index is 13.4. The Kier molecular flexibility index (Phi) is 5.10. The average molecular weight is 238 g/mol. The predicted octanol–water partition coefficient (Wildman–Crippen LogP) is 2.46. The third-order valence-electron chi connectivity index (χ3n) is 2.71. The van der Waals surface area contributed by atoms with Crippen LogP contribution in [0.3, 0.4) is 0 Å². The van der Waals surface area contributed by atoms with Crippen molar-refractivity contribution < 1.29 is 9.18 Å². The number of benzene rings is 1. The van der Waals surface area contributed by atoms with E-state index in [-0.39, 0.29) is 24.2 Å². The first-order chi connectivity index (χ1) is 8.04. The number of aryl methyl sites for hydroxylation is 1. The minimum atomic E-state index is -0.401. The highest BCUT2D eigenvalue weighted by molar-refractivity contribution is 5.93. The van der Waals surface area contributed by atoms with E-state index in [1.807, 2.05) is 13.8 Å². The molecule has 0 saturated heterocycles. The number of anilines is 1. The molecule has 4 heteroatoms. The van der Waals surface area contributed by atoms with Gasteiger partial charge in [0.2, 0.25) is 5.91 Å². The Hall–Kier alpha value is -1.42. The van der Waals surface area contributed by atoms with Crippen molar-refractivity contribution in [2.24, 2.45) is 0 Å². The van der Waals surface area contributed by atoms with Crippen molar-refractivity contribution in [1.82, 2.24) is 5.32 Å². The fourth-order valence-corrected chi connectivity index (χ4v) is 1.39. The van der Waals surface area contributed by atoms with Gasteiger partial charge in [0, 0.05) is 6.04 Å². The summed E-state index contributed by atoms with van der Waals surface area (Å²) >= 11 is 0. The Morgan fingerprint density at radius 1 is 1.47 bits per heavy atom. The summed E-state index contributed by atoms with van der Waals surface area (Å²) in [5.41, 5.74) is 0.991. The monoisotopic (exact) mass is 238 g/mol. The van der Waals surface area contributed by atoms with Crippen LogP contribution in [0.4, 0.5) is 10.1 Å². The van der Waals surface area contributed by atoms with Crippen LogP contribution in [0.15, 0.2) is 18.2 Å². The number of hydrogen-bond donors (Lipinski definition) is 2. The van der Waals surface area contributed by atoms with Gasteiger partial charge in [0.1, 0.15) is 5.82 Å². The normalized spacial score (nSPS) is 12.2. The van der Waals surface area contributed by atoms with Gasteiger partial charge in [-0.05, 0) is 31.9 Å². The number of para-hydroxylation sites is 1. The molecule has 1 amide bonds. The topological polar surface area (TPSA) is 41.1 Å². The molecular formula is C13H19FN2O. The Morgan fingerprint density at radius 2 is 2.18 bits per heavy atom. The molecule has 1 aromatic rings. The number of nitrogens with one attached hydrogen (secondary N) is 2. The smallest absolute Gasteiger partial charge is 0.238 e. The first-order valence-electron chi connectivity index (χ1n) is 5.83. The second kappa shape index (κ2) is 6.35. The summed E-state index contributed by atoms with van der Waals surface area (Å²) in [4.78, 5) is 11.6. The molecule has 0 aliphatic carbocycles. The number of rotatable bonds is 5. The number of hydrogen-bond acceptors (Lipinski definition) is 2. The lowest BCUT2D eigenvalue weighted by atomic mass is 10.2. The number of amides is 1. The summed E-state index contributed by atoms with van der Waals surface area (Å²) in [5.74, 6) is -0.625. The minimum Gasteiger partial charge on any atom is -0.322 e. The van der Waals surface area contributed by atoms with Gasteiger partial charge in [0.15, 0.2) is 0 Å². The summed E-state index contributed by atoms with van der Waals surface area (Å²) in [6, 6.07) is 5.01. The van der Waals surface area contributed by atoms with Gasteiger partial charge in [-0.1, -0.05) is 19.1 Å². The summed E-state index contributed by atoms with van der Waals surface area (Å²) in [5, 5.41) is 5.64. The van der Waals surface area contributed by atoms with Crippen molar-refractivity contribution in [3.63, 3.8) is 0 Å². The zero-order valence-corrected chi connectivity index (χ0v) is 10.5. The predicted molar refractivity (Wildman–Crippen MR) is 67.5 cm³/mol. The maximum atomic E-state index is 13.4. The van der Waals surface area contributed by atoms with Crippen LogP contribution < -0.4 is 10.6 Å². The van der Waals surface area contributed by atoms with Crippen LogP contribution in [0, 0.1) is 12.7 Å². The van der Waals surface area contributed by atoms with Gasteiger partial charge >= 0.3 is 0 Å². The van der Waals surface area contributed by atoms with E-state index in [1.54, 1.807) is 19.1 Å². The van der Waals surface area contributed by atoms with Gasteiger partial charge in [0.25, 0.3) is 0 Å². The summed E-state index contributed by atoms with van der Waals surface area (Å²) in [6.07, 6.45) is 0.950. The first-order valence-corrected chi connectivity index (χ1v) is 5.83. The highest BCUT2D eigenvalue weighted by atomic mass is 19.1. The molecule has 0 spiro atoms. The van der Waals surface area contributed by atoms with Crippen LogP contribution in [0.2, 0.25) is 0 Å². The molecular weight excluding hydrogens is 219 g/mol. The third-order valence-corrected chi connectivity index (χ3v) is 2.71. The molecule has 0 radical (unpaired) electrons. The molecule has 94 valence electrons. The molecule has 0 heterocycles. The largest absolute Gasteiger partial charge is 0.322 e. The quantitative estimate of drug-likeness (QED) is 0.827. The molecule has 17 heavy (non-hydrogen) atoms. The van der Waals surface area contributed by atoms with Crippen LogP contribution in [0.1, 0.15) is 25.8 Å². The van der Waals surface area contributed by atoms with E-state index in [2.05, 4.69) is 10.6 Å². The van der Waals surface area contributed by atoms with E-state index in [0.717, 1.165) is 12.0 Å². The van der Waals surface area contributed by atoms with Crippen molar-refractivity contribution in [2.75, 3.05) is 11.9 Å². The summed E-state index contributed by atoms with van der Waals surface area (Å²) < 4.78 is 13.4. The van der Waals surface area contributed by atoms with Crippen LogP contribution in [-0.4, -0.2) is 18.5 Å². The highest BCUT2D eigenvalue weighted by Crippen LogP contribution is 2.18.